The number of halogens is 1. The van der Waals surface area contributed by atoms with Gasteiger partial charge in [-0.25, -0.2) is 4.79 Å². The van der Waals surface area contributed by atoms with Crippen molar-refractivity contribution in [2.45, 2.75) is 6.92 Å². The molecule has 1 N–H and O–H groups in total. The lowest BCUT2D eigenvalue weighted by molar-refractivity contribution is -0.151. The molecule has 0 radical (unpaired) electrons. The summed E-state index contributed by atoms with van der Waals surface area (Å²) in [6.45, 7) is 1.59. The van der Waals surface area contributed by atoms with Gasteiger partial charge in [0.05, 0.1) is 12.3 Å². The highest BCUT2D eigenvalue weighted by Crippen LogP contribution is 2.22. The number of carbonyl (C=O) groups excluding carboxylic acids is 2. The molecule has 0 saturated carbocycles. The van der Waals surface area contributed by atoms with Crippen LogP contribution in [-0.2, 0) is 14.3 Å². The summed E-state index contributed by atoms with van der Waals surface area (Å²) in [5.74, 6) is -2.70. The van der Waals surface area contributed by atoms with E-state index in [1.54, 1.807) is 37.3 Å². The third-order valence-electron chi connectivity index (χ3n) is 3.04. The van der Waals surface area contributed by atoms with Crippen LogP contribution in [0.2, 0.25) is 5.02 Å². The molecule has 7 heteroatoms. The fourth-order valence-electron chi connectivity index (χ4n) is 1.84. The molecule has 0 aliphatic heterocycles. The van der Waals surface area contributed by atoms with E-state index in [1.165, 1.54) is 24.3 Å². The first-order chi connectivity index (χ1) is 12.0. The number of benzene rings is 2. The molecule has 0 aliphatic carbocycles. The normalized spacial score (nSPS) is 11.9. The Bertz CT molecular complexity index is 815. The number of carbonyl (C=O) groups is 2. The Morgan fingerprint density at radius 3 is 2.32 bits per heavy atom. The van der Waals surface area contributed by atoms with Gasteiger partial charge in [-0.1, -0.05) is 29.8 Å². The lowest BCUT2D eigenvalue weighted by atomic mass is 10.1. The van der Waals surface area contributed by atoms with Gasteiger partial charge in [-0.3, -0.25) is 4.79 Å². The molecule has 0 amide bonds. The van der Waals surface area contributed by atoms with Gasteiger partial charge in [0.15, 0.2) is 11.5 Å². The number of aliphatic hydroxyl groups is 1. The van der Waals surface area contributed by atoms with Crippen LogP contribution in [0, 0.1) is 0 Å². The van der Waals surface area contributed by atoms with Gasteiger partial charge in [0.1, 0.15) is 0 Å². The highest BCUT2D eigenvalue weighted by Gasteiger charge is 2.25. The molecule has 2 aromatic carbocycles. The lowest BCUT2D eigenvalue weighted by Crippen LogP contribution is -2.19. The molecule has 0 aromatic heterocycles. The summed E-state index contributed by atoms with van der Waals surface area (Å²) in [6.07, 6.45) is 0. The van der Waals surface area contributed by atoms with Crippen LogP contribution in [0.3, 0.4) is 0 Å². The Labute approximate surface area is 149 Å². The predicted octanol–water partition coefficient (Wildman–Crippen LogP) is 4.48. The van der Waals surface area contributed by atoms with Crippen LogP contribution >= 0.6 is 11.6 Å². The molecule has 0 aliphatic rings. The predicted molar refractivity (Wildman–Crippen MR) is 93.6 cm³/mol. The fourth-order valence-corrected chi connectivity index (χ4v) is 1.97. The first kappa shape index (κ1) is 18.4. The molecule has 0 heterocycles. The SMILES string of the molecule is CCOC(=O)C(=O)/C(N=Nc1ccccc1)=C(\O)c1ccc(Cl)cc1. The minimum atomic E-state index is -1.12. The van der Waals surface area contributed by atoms with Gasteiger partial charge in [0, 0.05) is 10.6 Å². The van der Waals surface area contributed by atoms with Gasteiger partial charge in [-0.15, -0.1) is 5.11 Å². The smallest absolute Gasteiger partial charge is 0.381 e. The molecule has 0 unspecified atom stereocenters. The van der Waals surface area contributed by atoms with E-state index in [1.807, 2.05) is 0 Å². The second kappa shape index (κ2) is 8.75. The zero-order valence-corrected chi connectivity index (χ0v) is 14.1. The van der Waals surface area contributed by atoms with Crippen molar-refractivity contribution in [3.63, 3.8) is 0 Å². The second-order valence-corrected chi connectivity index (χ2v) is 5.23. The zero-order chi connectivity index (χ0) is 18.2. The van der Waals surface area contributed by atoms with Crippen LogP contribution in [-0.4, -0.2) is 23.5 Å². The number of hydrogen-bond acceptors (Lipinski definition) is 6. The highest BCUT2D eigenvalue weighted by atomic mass is 35.5. The van der Waals surface area contributed by atoms with E-state index in [9.17, 15) is 14.7 Å². The standard InChI is InChI=1S/C18H15ClN2O4/c1-2-25-18(24)17(23)15(21-20-14-6-4-3-5-7-14)16(22)12-8-10-13(19)11-9-12/h3-11,22H,2H2,1H3/b16-15+,21-20?. The summed E-state index contributed by atoms with van der Waals surface area (Å²) < 4.78 is 4.69. The van der Waals surface area contributed by atoms with Gasteiger partial charge in [-0.05, 0) is 43.3 Å². The van der Waals surface area contributed by atoms with Gasteiger partial charge < -0.3 is 9.84 Å². The summed E-state index contributed by atoms with van der Waals surface area (Å²) in [5.41, 5.74) is 0.217. The van der Waals surface area contributed by atoms with Crippen molar-refractivity contribution in [2.75, 3.05) is 6.61 Å². The Morgan fingerprint density at radius 1 is 1.08 bits per heavy atom. The van der Waals surface area contributed by atoms with E-state index in [4.69, 9.17) is 11.6 Å². The Balaban J connectivity index is 2.45. The average molecular weight is 359 g/mol. The maximum Gasteiger partial charge on any atom is 0.381 e. The summed E-state index contributed by atoms with van der Waals surface area (Å²) in [6, 6.07) is 14.7. The van der Waals surface area contributed by atoms with E-state index in [-0.39, 0.29) is 12.2 Å². The van der Waals surface area contributed by atoms with Crippen molar-refractivity contribution < 1.29 is 19.4 Å². The van der Waals surface area contributed by atoms with Gasteiger partial charge in [0.25, 0.3) is 5.78 Å². The molecule has 0 fully saturated rings. The van der Waals surface area contributed by atoms with Crippen LogP contribution in [0.25, 0.3) is 5.76 Å². The number of ketones is 1. The lowest BCUT2D eigenvalue weighted by Gasteiger charge is -2.05. The number of hydrogen-bond donors (Lipinski definition) is 1. The molecule has 0 bridgehead atoms. The van der Waals surface area contributed by atoms with Gasteiger partial charge in [0.2, 0.25) is 0 Å². The van der Waals surface area contributed by atoms with Crippen LogP contribution in [0.4, 0.5) is 5.69 Å². The Kier molecular flexibility index (Phi) is 6.42. The highest BCUT2D eigenvalue weighted by molar-refractivity contribution is 6.41. The van der Waals surface area contributed by atoms with E-state index in [0.717, 1.165) is 0 Å². The van der Waals surface area contributed by atoms with Crippen LogP contribution in [0.5, 0.6) is 0 Å². The van der Waals surface area contributed by atoms with Gasteiger partial charge >= 0.3 is 5.97 Å². The minimum Gasteiger partial charge on any atom is -0.505 e. The van der Waals surface area contributed by atoms with Crippen molar-refractivity contribution in [3.05, 3.63) is 70.9 Å². The van der Waals surface area contributed by atoms with E-state index in [0.29, 0.717) is 10.7 Å². The minimum absolute atomic E-state index is 0.0232. The maximum atomic E-state index is 12.3. The molecule has 128 valence electrons. The number of Topliss-reactive ketones (excluding diaryl/α,β-unsaturated/α-hetero) is 1. The van der Waals surface area contributed by atoms with Crippen molar-refractivity contribution in [3.8, 4) is 0 Å². The van der Waals surface area contributed by atoms with E-state index >= 15 is 0 Å². The van der Waals surface area contributed by atoms with Gasteiger partial charge in [-0.2, -0.15) is 5.11 Å². The number of nitrogens with zero attached hydrogens (tertiary/aromatic N) is 2. The first-order valence-electron chi connectivity index (χ1n) is 7.40. The topological polar surface area (TPSA) is 88.3 Å². The molecule has 25 heavy (non-hydrogen) atoms. The second-order valence-electron chi connectivity index (χ2n) is 4.79. The third kappa shape index (κ3) is 4.99. The fraction of sp³-hybridized carbons (Fsp3) is 0.111. The Morgan fingerprint density at radius 2 is 1.72 bits per heavy atom. The van der Waals surface area contributed by atoms with Crippen molar-refractivity contribution >= 4 is 34.8 Å². The summed E-state index contributed by atoms with van der Waals surface area (Å²) in [5, 5.41) is 18.5. The number of aliphatic hydroxyl groups excluding tert-OH is 1. The molecular formula is C18H15ClN2O4. The molecular weight excluding hydrogens is 344 g/mol. The van der Waals surface area contributed by atoms with E-state index < -0.39 is 23.2 Å². The molecule has 2 aromatic rings. The largest absolute Gasteiger partial charge is 0.505 e. The Hall–Kier alpha value is -2.99. The molecule has 0 atom stereocenters. The summed E-state index contributed by atoms with van der Waals surface area (Å²) in [4.78, 5) is 24.0. The van der Waals surface area contributed by atoms with E-state index in [2.05, 4.69) is 15.0 Å². The van der Waals surface area contributed by atoms with Crippen molar-refractivity contribution in [1.82, 2.24) is 0 Å². The van der Waals surface area contributed by atoms with Crippen LogP contribution < -0.4 is 0 Å². The van der Waals surface area contributed by atoms with Crippen molar-refractivity contribution in [2.24, 2.45) is 10.2 Å². The number of rotatable bonds is 6. The average Bonchev–Trinajstić information content (AvgIpc) is 2.63. The number of esters is 1. The molecule has 6 nitrogen and oxygen atoms in total. The third-order valence-corrected chi connectivity index (χ3v) is 3.29. The molecule has 2 rings (SSSR count). The number of azo groups is 1. The molecule has 0 saturated heterocycles. The summed E-state index contributed by atoms with van der Waals surface area (Å²) >= 11 is 5.81. The van der Waals surface area contributed by atoms with Crippen molar-refractivity contribution in [1.29, 1.82) is 0 Å². The molecule has 0 spiro atoms. The zero-order valence-electron chi connectivity index (χ0n) is 13.3. The maximum absolute atomic E-state index is 12.3. The summed E-state index contributed by atoms with van der Waals surface area (Å²) in [7, 11) is 0. The number of ether oxygens (including phenoxy) is 1. The quantitative estimate of drug-likeness (QED) is 0.271. The monoisotopic (exact) mass is 358 g/mol. The van der Waals surface area contributed by atoms with Crippen LogP contribution in [0.1, 0.15) is 12.5 Å². The first-order valence-corrected chi connectivity index (χ1v) is 7.78. The van der Waals surface area contributed by atoms with Crippen LogP contribution in [0.15, 0.2) is 70.5 Å².